The number of nitrogens with zero attached hydrogens (tertiary/aromatic N) is 1. The van der Waals surface area contributed by atoms with Crippen LogP contribution in [0, 0.1) is 6.92 Å². The molecule has 4 rings (SSSR count). The Kier molecular flexibility index (Phi) is 5.55. The molecule has 2 aliphatic heterocycles. The van der Waals surface area contributed by atoms with Gasteiger partial charge in [0.25, 0.3) is 0 Å². The van der Waals surface area contributed by atoms with Gasteiger partial charge in [0.05, 0.1) is 31.1 Å². The number of aryl methyl sites for hydroxylation is 1. The third-order valence-corrected chi connectivity index (χ3v) is 7.86. The molecule has 0 saturated carbocycles. The highest BCUT2D eigenvalue weighted by atomic mass is 32.2. The van der Waals surface area contributed by atoms with Crippen LogP contribution < -0.4 is 14.4 Å². The second-order valence-electron chi connectivity index (χ2n) is 8.20. The van der Waals surface area contributed by atoms with Crippen molar-refractivity contribution in [1.82, 2.24) is 4.31 Å². The topological polar surface area (TPSA) is 60.3 Å². The number of piperazine rings is 1. The highest BCUT2D eigenvalue weighted by molar-refractivity contribution is 7.89. The summed E-state index contributed by atoms with van der Waals surface area (Å²) in [6, 6.07) is 11.8. The zero-order valence-electron chi connectivity index (χ0n) is 17.3. The van der Waals surface area contributed by atoms with Crippen LogP contribution in [0.4, 0.5) is 0 Å². The summed E-state index contributed by atoms with van der Waals surface area (Å²) in [6.45, 7) is 9.82. The van der Waals surface area contributed by atoms with Gasteiger partial charge in [0, 0.05) is 5.56 Å². The van der Waals surface area contributed by atoms with E-state index in [-0.39, 0.29) is 6.79 Å². The summed E-state index contributed by atoms with van der Waals surface area (Å²) in [7, 11) is -3.47. The lowest BCUT2D eigenvalue weighted by molar-refractivity contribution is -0.917. The summed E-state index contributed by atoms with van der Waals surface area (Å²) >= 11 is 0. The number of fused-ring (bicyclic) bond motifs is 1. The van der Waals surface area contributed by atoms with Gasteiger partial charge in [-0.05, 0) is 48.2 Å². The van der Waals surface area contributed by atoms with E-state index in [2.05, 4.69) is 19.9 Å². The average Bonchev–Trinajstić information content (AvgIpc) is 3.16. The molecule has 0 aliphatic carbocycles. The van der Waals surface area contributed by atoms with Gasteiger partial charge in [-0.15, -0.1) is 0 Å². The maximum Gasteiger partial charge on any atom is 0.243 e. The predicted molar refractivity (Wildman–Crippen MR) is 111 cm³/mol. The molecule has 2 heterocycles. The summed E-state index contributed by atoms with van der Waals surface area (Å²) in [5.74, 6) is 1.88. The van der Waals surface area contributed by atoms with Gasteiger partial charge >= 0.3 is 0 Å². The Morgan fingerprint density at radius 2 is 1.76 bits per heavy atom. The third kappa shape index (κ3) is 4.13. The third-order valence-electron chi connectivity index (χ3n) is 5.82. The minimum Gasteiger partial charge on any atom is -0.454 e. The van der Waals surface area contributed by atoms with Crippen molar-refractivity contribution in [2.75, 3.05) is 33.0 Å². The van der Waals surface area contributed by atoms with Gasteiger partial charge in [0.2, 0.25) is 16.8 Å². The molecule has 0 radical (unpaired) electrons. The largest absolute Gasteiger partial charge is 0.454 e. The summed E-state index contributed by atoms with van der Waals surface area (Å²) in [5, 5.41) is 0. The SMILES string of the molecule is Cc1ccc(C(C)C)cc1S(=O)(=O)N1CC[NH+](Cc2ccc3c(c2)OCO3)CC1. The van der Waals surface area contributed by atoms with Crippen LogP contribution in [0.25, 0.3) is 0 Å². The fourth-order valence-electron chi connectivity index (χ4n) is 3.95. The molecule has 2 aromatic carbocycles. The summed E-state index contributed by atoms with van der Waals surface area (Å²) in [5.41, 5.74) is 3.05. The molecule has 0 atom stereocenters. The molecule has 0 amide bonds. The number of hydrogen-bond acceptors (Lipinski definition) is 4. The second-order valence-corrected chi connectivity index (χ2v) is 10.1. The molecule has 2 aromatic rings. The van der Waals surface area contributed by atoms with Gasteiger partial charge in [-0.25, -0.2) is 8.42 Å². The fourth-order valence-corrected chi connectivity index (χ4v) is 5.65. The van der Waals surface area contributed by atoms with Crippen LogP contribution in [-0.4, -0.2) is 45.7 Å². The van der Waals surface area contributed by atoms with Gasteiger partial charge in [-0.2, -0.15) is 4.31 Å². The molecule has 0 unspecified atom stereocenters. The number of rotatable bonds is 5. The van der Waals surface area contributed by atoms with Gasteiger partial charge < -0.3 is 14.4 Å². The van der Waals surface area contributed by atoms with E-state index in [0.29, 0.717) is 23.9 Å². The number of quaternary nitrogens is 1. The van der Waals surface area contributed by atoms with Crippen molar-refractivity contribution in [3.8, 4) is 11.5 Å². The van der Waals surface area contributed by atoms with Gasteiger partial charge in [0.15, 0.2) is 11.5 Å². The van der Waals surface area contributed by atoms with E-state index in [1.807, 2.05) is 37.3 Å². The first-order chi connectivity index (χ1) is 13.8. The molecule has 1 N–H and O–H groups in total. The summed E-state index contributed by atoms with van der Waals surface area (Å²) in [6.07, 6.45) is 0. The number of hydrogen-bond donors (Lipinski definition) is 1. The van der Waals surface area contributed by atoms with E-state index in [1.165, 1.54) is 10.5 Å². The van der Waals surface area contributed by atoms with Crippen LogP contribution in [0.5, 0.6) is 11.5 Å². The molecular weight excluding hydrogens is 388 g/mol. The minimum absolute atomic E-state index is 0.277. The first-order valence-electron chi connectivity index (χ1n) is 10.2. The Balaban J connectivity index is 1.43. The van der Waals surface area contributed by atoms with Crippen LogP contribution >= 0.6 is 0 Å². The van der Waals surface area contributed by atoms with Crippen LogP contribution in [-0.2, 0) is 16.6 Å². The van der Waals surface area contributed by atoms with E-state index in [1.54, 1.807) is 4.31 Å². The minimum atomic E-state index is -3.47. The molecule has 7 heteroatoms. The molecule has 2 aliphatic rings. The van der Waals surface area contributed by atoms with Crippen LogP contribution in [0.1, 0.15) is 36.5 Å². The smallest absolute Gasteiger partial charge is 0.243 e. The Labute approximate surface area is 173 Å². The molecular formula is C22H29N2O4S+. The molecule has 1 saturated heterocycles. The zero-order valence-corrected chi connectivity index (χ0v) is 18.1. The van der Waals surface area contributed by atoms with E-state index in [0.717, 1.165) is 42.3 Å². The monoisotopic (exact) mass is 417 g/mol. The van der Waals surface area contributed by atoms with Crippen molar-refractivity contribution in [2.24, 2.45) is 0 Å². The van der Waals surface area contributed by atoms with Gasteiger partial charge in [-0.1, -0.05) is 26.0 Å². The van der Waals surface area contributed by atoms with Crippen LogP contribution in [0.2, 0.25) is 0 Å². The first-order valence-corrected chi connectivity index (χ1v) is 11.6. The number of nitrogens with one attached hydrogen (secondary N) is 1. The summed E-state index contributed by atoms with van der Waals surface area (Å²) < 4.78 is 39.0. The number of benzene rings is 2. The van der Waals surface area contributed by atoms with Crippen molar-refractivity contribution < 1.29 is 22.8 Å². The van der Waals surface area contributed by atoms with Gasteiger partial charge in [0.1, 0.15) is 6.54 Å². The fraction of sp³-hybridized carbons (Fsp3) is 0.455. The Morgan fingerprint density at radius 1 is 1.03 bits per heavy atom. The number of ether oxygens (including phenoxy) is 2. The Morgan fingerprint density at radius 3 is 2.48 bits per heavy atom. The lowest BCUT2D eigenvalue weighted by Crippen LogP contribution is -3.13. The highest BCUT2D eigenvalue weighted by Crippen LogP contribution is 2.32. The van der Waals surface area contributed by atoms with Gasteiger partial charge in [-0.3, -0.25) is 0 Å². The molecule has 0 aromatic heterocycles. The number of sulfonamides is 1. The van der Waals surface area contributed by atoms with Crippen molar-refractivity contribution in [2.45, 2.75) is 38.1 Å². The lowest BCUT2D eigenvalue weighted by Gasteiger charge is -2.32. The van der Waals surface area contributed by atoms with E-state index >= 15 is 0 Å². The Hall–Kier alpha value is -2.09. The Bertz CT molecular complexity index is 996. The van der Waals surface area contributed by atoms with Crippen molar-refractivity contribution in [1.29, 1.82) is 0 Å². The molecule has 29 heavy (non-hydrogen) atoms. The van der Waals surface area contributed by atoms with E-state index in [4.69, 9.17) is 9.47 Å². The lowest BCUT2D eigenvalue weighted by atomic mass is 10.0. The second kappa shape index (κ2) is 7.97. The van der Waals surface area contributed by atoms with Crippen molar-refractivity contribution in [3.05, 3.63) is 53.1 Å². The van der Waals surface area contributed by atoms with Crippen LogP contribution in [0.3, 0.4) is 0 Å². The van der Waals surface area contributed by atoms with Crippen LogP contribution in [0.15, 0.2) is 41.3 Å². The standard InChI is InChI=1S/C22H28N2O4S/c1-16(2)19-6-4-17(3)22(13-19)29(25,26)24-10-8-23(9-11-24)14-18-5-7-20-21(12-18)28-15-27-20/h4-7,12-13,16H,8-11,14-15H2,1-3H3/p+1. The maximum absolute atomic E-state index is 13.3. The summed E-state index contributed by atoms with van der Waals surface area (Å²) in [4.78, 5) is 1.82. The first kappa shape index (κ1) is 20.2. The predicted octanol–water partition coefficient (Wildman–Crippen LogP) is 1.94. The van der Waals surface area contributed by atoms with E-state index < -0.39 is 10.0 Å². The van der Waals surface area contributed by atoms with E-state index in [9.17, 15) is 8.42 Å². The molecule has 1 fully saturated rings. The normalized spacial score (nSPS) is 17.8. The highest BCUT2D eigenvalue weighted by Gasteiger charge is 2.31. The molecule has 156 valence electrons. The van der Waals surface area contributed by atoms with Crippen molar-refractivity contribution in [3.63, 3.8) is 0 Å². The molecule has 0 bridgehead atoms. The maximum atomic E-state index is 13.3. The van der Waals surface area contributed by atoms with Crippen molar-refractivity contribution >= 4 is 10.0 Å². The quantitative estimate of drug-likeness (QED) is 0.808. The molecule has 6 nitrogen and oxygen atoms in total. The average molecular weight is 418 g/mol. The molecule has 0 spiro atoms. The zero-order chi connectivity index (χ0) is 20.6.